The SMILES string of the molecule is COc1ccc2c(c1)CCC[C@@H]2CNC(=O)[C@@H](C)OC. The fourth-order valence-electron chi connectivity index (χ4n) is 2.70. The van der Waals surface area contributed by atoms with E-state index in [0.717, 1.165) is 25.0 Å². The molecule has 1 aliphatic rings. The molecule has 0 heterocycles. The molecule has 1 aliphatic carbocycles. The van der Waals surface area contributed by atoms with Crippen LogP contribution >= 0.6 is 0 Å². The van der Waals surface area contributed by atoms with E-state index in [9.17, 15) is 4.79 Å². The first-order valence-electron chi connectivity index (χ1n) is 7.13. The van der Waals surface area contributed by atoms with Crippen molar-refractivity contribution >= 4 is 5.91 Å². The number of ether oxygens (including phenoxy) is 2. The highest BCUT2D eigenvalue weighted by molar-refractivity contribution is 5.80. The number of fused-ring (bicyclic) bond motifs is 1. The molecule has 4 heteroatoms. The molecule has 1 N–H and O–H groups in total. The summed E-state index contributed by atoms with van der Waals surface area (Å²) in [5.74, 6) is 1.24. The molecule has 4 nitrogen and oxygen atoms in total. The van der Waals surface area contributed by atoms with Crippen LogP contribution in [0.3, 0.4) is 0 Å². The predicted molar refractivity (Wildman–Crippen MR) is 78.2 cm³/mol. The number of carbonyl (C=O) groups excluding carboxylic acids is 1. The van der Waals surface area contributed by atoms with Crippen LogP contribution in [0.2, 0.25) is 0 Å². The van der Waals surface area contributed by atoms with Gasteiger partial charge in [0.15, 0.2) is 0 Å². The van der Waals surface area contributed by atoms with Gasteiger partial charge in [-0.2, -0.15) is 0 Å². The van der Waals surface area contributed by atoms with E-state index in [1.807, 2.05) is 6.07 Å². The molecule has 0 aromatic heterocycles. The summed E-state index contributed by atoms with van der Waals surface area (Å²) in [5.41, 5.74) is 2.68. The molecule has 0 bridgehead atoms. The third-order valence-electron chi connectivity index (χ3n) is 4.03. The summed E-state index contributed by atoms with van der Waals surface area (Å²) in [6.45, 7) is 2.43. The topological polar surface area (TPSA) is 47.6 Å². The van der Waals surface area contributed by atoms with Crippen LogP contribution in [0.5, 0.6) is 5.75 Å². The maximum atomic E-state index is 11.8. The zero-order chi connectivity index (χ0) is 14.5. The van der Waals surface area contributed by atoms with Gasteiger partial charge in [0.05, 0.1) is 7.11 Å². The monoisotopic (exact) mass is 277 g/mol. The smallest absolute Gasteiger partial charge is 0.248 e. The second-order valence-electron chi connectivity index (χ2n) is 5.28. The zero-order valence-corrected chi connectivity index (χ0v) is 12.4. The number of hydrogen-bond acceptors (Lipinski definition) is 3. The standard InChI is InChI=1S/C16H23NO3/c1-11(19-2)16(18)17-10-13-6-4-5-12-9-14(20-3)7-8-15(12)13/h7-9,11,13H,4-6,10H2,1-3H3,(H,17,18)/t11-,13-/m1/s1. The molecule has 0 fully saturated rings. The Morgan fingerprint density at radius 2 is 2.25 bits per heavy atom. The highest BCUT2D eigenvalue weighted by Crippen LogP contribution is 2.33. The van der Waals surface area contributed by atoms with Crippen molar-refractivity contribution in [2.75, 3.05) is 20.8 Å². The van der Waals surface area contributed by atoms with E-state index in [4.69, 9.17) is 9.47 Å². The van der Waals surface area contributed by atoms with E-state index < -0.39 is 6.10 Å². The van der Waals surface area contributed by atoms with Crippen LogP contribution in [-0.2, 0) is 16.0 Å². The van der Waals surface area contributed by atoms with Gasteiger partial charge in [-0.15, -0.1) is 0 Å². The molecular formula is C16H23NO3. The first kappa shape index (κ1) is 14.9. The molecule has 0 radical (unpaired) electrons. The number of hydrogen-bond donors (Lipinski definition) is 1. The summed E-state index contributed by atoms with van der Waals surface area (Å²) in [4.78, 5) is 11.8. The van der Waals surface area contributed by atoms with E-state index in [0.29, 0.717) is 12.5 Å². The van der Waals surface area contributed by atoms with Crippen molar-refractivity contribution in [3.05, 3.63) is 29.3 Å². The van der Waals surface area contributed by atoms with Crippen molar-refractivity contribution in [2.24, 2.45) is 0 Å². The Labute approximate surface area is 120 Å². The molecule has 0 aliphatic heterocycles. The normalized spacial score (nSPS) is 19.1. The summed E-state index contributed by atoms with van der Waals surface area (Å²) in [6.07, 6.45) is 2.96. The van der Waals surface area contributed by atoms with Crippen molar-refractivity contribution < 1.29 is 14.3 Å². The largest absolute Gasteiger partial charge is 0.497 e. The predicted octanol–water partition coefficient (Wildman–Crippen LogP) is 2.27. The number of amides is 1. The van der Waals surface area contributed by atoms with Gasteiger partial charge in [-0.1, -0.05) is 6.07 Å². The Balaban J connectivity index is 2.03. The second kappa shape index (κ2) is 6.75. The third kappa shape index (κ3) is 3.31. The van der Waals surface area contributed by atoms with Crippen LogP contribution in [-0.4, -0.2) is 32.8 Å². The first-order chi connectivity index (χ1) is 9.65. The Morgan fingerprint density at radius 1 is 1.45 bits per heavy atom. The lowest BCUT2D eigenvalue weighted by atomic mass is 9.82. The lowest BCUT2D eigenvalue weighted by molar-refractivity contribution is -0.130. The number of nitrogens with one attached hydrogen (secondary N) is 1. The molecule has 2 rings (SSSR count). The maximum Gasteiger partial charge on any atom is 0.248 e. The molecule has 110 valence electrons. The van der Waals surface area contributed by atoms with E-state index in [2.05, 4.69) is 17.4 Å². The van der Waals surface area contributed by atoms with Crippen molar-refractivity contribution in [3.63, 3.8) is 0 Å². The fraction of sp³-hybridized carbons (Fsp3) is 0.562. The van der Waals surface area contributed by atoms with Crippen molar-refractivity contribution in [3.8, 4) is 5.75 Å². The average molecular weight is 277 g/mol. The summed E-state index contributed by atoms with van der Waals surface area (Å²) in [6, 6.07) is 6.24. The van der Waals surface area contributed by atoms with Crippen LogP contribution < -0.4 is 10.1 Å². The quantitative estimate of drug-likeness (QED) is 0.898. The van der Waals surface area contributed by atoms with E-state index in [1.165, 1.54) is 11.1 Å². The highest BCUT2D eigenvalue weighted by Gasteiger charge is 2.22. The summed E-state index contributed by atoms with van der Waals surface area (Å²) < 4.78 is 10.3. The van der Waals surface area contributed by atoms with Crippen molar-refractivity contribution in [1.82, 2.24) is 5.32 Å². The van der Waals surface area contributed by atoms with Crippen LogP contribution in [0, 0.1) is 0 Å². The third-order valence-corrected chi connectivity index (χ3v) is 4.03. The van der Waals surface area contributed by atoms with Crippen LogP contribution in [0.15, 0.2) is 18.2 Å². The number of carbonyl (C=O) groups is 1. The summed E-state index contributed by atoms with van der Waals surface area (Å²) in [7, 11) is 3.24. The van der Waals surface area contributed by atoms with Crippen LogP contribution in [0.4, 0.5) is 0 Å². The molecule has 2 atom stereocenters. The van der Waals surface area contributed by atoms with Gasteiger partial charge in [-0.05, 0) is 49.4 Å². The van der Waals surface area contributed by atoms with Gasteiger partial charge in [0.25, 0.3) is 0 Å². The average Bonchev–Trinajstić information content (AvgIpc) is 2.50. The van der Waals surface area contributed by atoms with Crippen LogP contribution in [0.1, 0.15) is 36.8 Å². The van der Waals surface area contributed by atoms with Gasteiger partial charge in [-0.25, -0.2) is 0 Å². The Hall–Kier alpha value is -1.55. The van der Waals surface area contributed by atoms with Crippen LogP contribution in [0.25, 0.3) is 0 Å². The second-order valence-corrected chi connectivity index (χ2v) is 5.28. The minimum Gasteiger partial charge on any atom is -0.497 e. The minimum absolute atomic E-state index is 0.0480. The summed E-state index contributed by atoms with van der Waals surface area (Å²) in [5, 5.41) is 2.98. The molecular weight excluding hydrogens is 254 g/mol. The molecule has 1 aromatic carbocycles. The first-order valence-corrected chi connectivity index (χ1v) is 7.13. The Bertz CT molecular complexity index is 473. The summed E-state index contributed by atoms with van der Waals surface area (Å²) >= 11 is 0. The van der Waals surface area contributed by atoms with Gasteiger partial charge in [0.1, 0.15) is 11.9 Å². The number of aryl methyl sites for hydroxylation is 1. The molecule has 0 spiro atoms. The van der Waals surface area contributed by atoms with Gasteiger partial charge < -0.3 is 14.8 Å². The van der Waals surface area contributed by atoms with Crippen molar-refractivity contribution in [1.29, 1.82) is 0 Å². The van der Waals surface area contributed by atoms with Gasteiger partial charge in [0.2, 0.25) is 5.91 Å². The number of benzene rings is 1. The minimum atomic E-state index is -0.395. The van der Waals surface area contributed by atoms with E-state index in [-0.39, 0.29) is 5.91 Å². The Morgan fingerprint density at radius 3 is 2.95 bits per heavy atom. The molecule has 0 unspecified atom stereocenters. The Kier molecular flexibility index (Phi) is 5.01. The van der Waals surface area contributed by atoms with Gasteiger partial charge in [-0.3, -0.25) is 4.79 Å². The molecule has 0 saturated carbocycles. The van der Waals surface area contributed by atoms with Crippen molar-refractivity contribution in [2.45, 2.75) is 38.2 Å². The molecule has 1 aromatic rings. The lowest BCUT2D eigenvalue weighted by Crippen LogP contribution is -2.37. The highest BCUT2D eigenvalue weighted by atomic mass is 16.5. The maximum absolute atomic E-state index is 11.8. The zero-order valence-electron chi connectivity index (χ0n) is 12.4. The van der Waals surface area contributed by atoms with Gasteiger partial charge >= 0.3 is 0 Å². The fourth-order valence-corrected chi connectivity index (χ4v) is 2.70. The molecule has 1 amide bonds. The van der Waals surface area contributed by atoms with E-state index in [1.54, 1.807) is 21.1 Å². The molecule has 20 heavy (non-hydrogen) atoms. The number of methoxy groups -OCH3 is 2. The number of rotatable bonds is 5. The lowest BCUT2D eigenvalue weighted by Gasteiger charge is -2.26. The molecule has 0 saturated heterocycles. The van der Waals surface area contributed by atoms with E-state index >= 15 is 0 Å². The van der Waals surface area contributed by atoms with Gasteiger partial charge in [0, 0.05) is 19.6 Å².